The van der Waals surface area contributed by atoms with Gasteiger partial charge in [0, 0.05) is 31.3 Å². The lowest BCUT2D eigenvalue weighted by molar-refractivity contribution is 0.216. The van der Waals surface area contributed by atoms with E-state index in [9.17, 15) is 14.4 Å². The van der Waals surface area contributed by atoms with E-state index in [0.29, 0.717) is 115 Å². The second-order valence-corrected chi connectivity index (χ2v) is 22.4. The quantitative estimate of drug-likeness (QED) is 0.0418. The Kier molecular flexibility index (Phi) is 31.9. The number of nitrogens with one attached hydrogen (secondary N) is 5. The Hall–Kier alpha value is -3.96. The number of hydrogen-bond donors (Lipinski definition) is 5. The van der Waals surface area contributed by atoms with Gasteiger partial charge >= 0.3 is 12.1 Å². The number of urea groups is 2. The lowest BCUT2D eigenvalue weighted by Crippen LogP contribution is -2.31. The van der Waals surface area contributed by atoms with Crippen molar-refractivity contribution in [3.8, 4) is 17.2 Å². The Labute approximate surface area is 420 Å². The van der Waals surface area contributed by atoms with Crippen molar-refractivity contribution in [1.29, 1.82) is 0 Å². The van der Waals surface area contributed by atoms with Crippen molar-refractivity contribution in [3.63, 3.8) is 0 Å². The van der Waals surface area contributed by atoms with E-state index >= 15 is 0 Å². The van der Waals surface area contributed by atoms with Crippen LogP contribution in [0.25, 0.3) is 0 Å². The number of ether oxygens (including phenoxy) is 3. The van der Waals surface area contributed by atoms with E-state index in [1.807, 2.05) is 12.1 Å². The number of anilines is 2. The van der Waals surface area contributed by atoms with Gasteiger partial charge in [0.05, 0.1) is 31.2 Å². The molecule has 396 valence electrons. The molecule has 0 aliphatic rings. The van der Waals surface area contributed by atoms with Gasteiger partial charge in [-0.25, -0.2) is 14.6 Å². The summed E-state index contributed by atoms with van der Waals surface area (Å²) in [6.07, 6.45) is 21.2. The fraction of sp³-hybridized carbons (Fsp3) is 0.789. The number of H-pyrrole nitrogens is 1. The number of unbranched alkanes of at least 4 members (excludes halogenated alkanes) is 3. The van der Waals surface area contributed by atoms with Crippen LogP contribution < -0.4 is 41.0 Å². The van der Waals surface area contributed by atoms with Crippen LogP contribution in [0.4, 0.5) is 21.2 Å². The van der Waals surface area contributed by atoms with Gasteiger partial charge in [-0.1, -0.05) is 173 Å². The molecule has 12 heteroatoms. The molecular formula is C57H102N6O6. The summed E-state index contributed by atoms with van der Waals surface area (Å²) >= 11 is 0. The molecule has 12 nitrogen and oxygen atoms in total. The Morgan fingerprint density at radius 3 is 1.33 bits per heavy atom. The summed E-state index contributed by atoms with van der Waals surface area (Å²) in [6, 6.07) is 4.59. The molecule has 69 heavy (non-hydrogen) atoms. The van der Waals surface area contributed by atoms with Crippen molar-refractivity contribution in [2.75, 3.05) is 43.5 Å². The minimum atomic E-state index is -0.402. The fourth-order valence-electron chi connectivity index (χ4n) is 8.50. The summed E-state index contributed by atoms with van der Waals surface area (Å²) in [5, 5.41) is 11.6. The summed E-state index contributed by atoms with van der Waals surface area (Å²) in [5.41, 5.74) is 1.01. The maximum absolute atomic E-state index is 13.3. The number of benzene rings is 1. The average Bonchev–Trinajstić information content (AvgIpc) is 3.24. The molecule has 0 unspecified atom stereocenters. The summed E-state index contributed by atoms with van der Waals surface area (Å²) < 4.78 is 19.7. The molecule has 0 spiro atoms. The van der Waals surface area contributed by atoms with Gasteiger partial charge in [-0.15, -0.1) is 0 Å². The van der Waals surface area contributed by atoms with E-state index in [2.05, 4.69) is 114 Å². The van der Waals surface area contributed by atoms with E-state index in [1.165, 1.54) is 70.3 Å². The zero-order valence-corrected chi connectivity index (χ0v) is 45.9. The maximum atomic E-state index is 13.3. The van der Waals surface area contributed by atoms with E-state index in [1.54, 1.807) is 0 Å². The van der Waals surface area contributed by atoms with E-state index in [0.717, 1.165) is 57.8 Å². The van der Waals surface area contributed by atoms with Crippen molar-refractivity contribution in [2.24, 2.45) is 47.3 Å². The van der Waals surface area contributed by atoms with Gasteiger partial charge in [0.15, 0.2) is 11.5 Å². The third kappa shape index (κ3) is 31.1. The topological polar surface area (TPSA) is 156 Å². The fourth-order valence-corrected chi connectivity index (χ4v) is 8.50. The van der Waals surface area contributed by atoms with Crippen LogP contribution in [0.3, 0.4) is 0 Å². The van der Waals surface area contributed by atoms with Crippen molar-refractivity contribution in [1.82, 2.24) is 20.6 Å². The van der Waals surface area contributed by atoms with Crippen molar-refractivity contribution < 1.29 is 23.8 Å². The first-order valence-electron chi connectivity index (χ1n) is 27.7. The molecule has 1 aromatic carbocycles. The van der Waals surface area contributed by atoms with Crippen LogP contribution in [-0.4, -0.2) is 54.9 Å². The van der Waals surface area contributed by atoms with E-state index in [-0.39, 0.29) is 17.5 Å². The maximum Gasteiger partial charge on any atom is 0.321 e. The largest absolute Gasteiger partial charge is 0.489 e. The minimum absolute atomic E-state index is 0.161. The molecule has 0 saturated carbocycles. The highest BCUT2D eigenvalue weighted by atomic mass is 16.5. The lowest BCUT2D eigenvalue weighted by atomic mass is 9.96. The molecule has 2 aromatic rings. The van der Waals surface area contributed by atoms with Crippen LogP contribution in [0.15, 0.2) is 23.0 Å². The van der Waals surface area contributed by atoms with Crippen molar-refractivity contribution in [2.45, 2.75) is 212 Å². The van der Waals surface area contributed by atoms with Gasteiger partial charge in [-0.05, 0) is 85.9 Å². The van der Waals surface area contributed by atoms with Crippen molar-refractivity contribution in [3.05, 3.63) is 34.2 Å². The molecule has 0 saturated heterocycles. The molecule has 2 rings (SSSR count). The number of rotatable bonds is 39. The van der Waals surface area contributed by atoms with Gasteiger partial charge in [0.1, 0.15) is 0 Å². The van der Waals surface area contributed by atoms with Crippen molar-refractivity contribution >= 4 is 23.7 Å². The van der Waals surface area contributed by atoms with Crippen LogP contribution >= 0.6 is 0 Å². The number of aromatic nitrogens is 2. The van der Waals surface area contributed by atoms with E-state index in [4.69, 9.17) is 14.2 Å². The molecule has 0 fully saturated rings. The van der Waals surface area contributed by atoms with Crippen LogP contribution in [0.5, 0.6) is 17.2 Å². The van der Waals surface area contributed by atoms with Crippen LogP contribution in [-0.2, 0) is 6.42 Å². The molecule has 0 bridgehead atoms. The third-order valence-corrected chi connectivity index (χ3v) is 13.0. The second-order valence-electron chi connectivity index (χ2n) is 22.4. The summed E-state index contributed by atoms with van der Waals surface area (Å²) in [4.78, 5) is 45.3. The summed E-state index contributed by atoms with van der Waals surface area (Å²) in [6.45, 7) is 29.9. The molecule has 4 amide bonds. The highest BCUT2D eigenvalue weighted by Gasteiger charge is 2.19. The Morgan fingerprint density at radius 1 is 0.493 bits per heavy atom. The molecule has 5 N–H and O–H groups in total. The molecule has 0 aliphatic carbocycles. The Balaban J connectivity index is 2.00. The summed E-state index contributed by atoms with van der Waals surface area (Å²) in [7, 11) is 0. The number of hydrogen-bond acceptors (Lipinski definition) is 7. The van der Waals surface area contributed by atoms with E-state index < -0.39 is 6.03 Å². The average molecular weight is 967 g/mol. The molecule has 4 atom stereocenters. The molecule has 1 aromatic heterocycles. The third-order valence-electron chi connectivity index (χ3n) is 13.0. The number of carbonyl (C=O) groups excluding carboxylic acids is 2. The van der Waals surface area contributed by atoms with Gasteiger partial charge in [0.2, 0.25) is 11.7 Å². The standard InChI is InChI=1S/C57H102N6O6/c1-41(2)21-17-25-45(9)29-34-67-51-38-50(39-52(68-35-30-46(10)26-18-22-42(3)4)54(51)69-36-31-47(11)27-19-23-43(5)6)61-56(65)58-32-15-13-14-16-33-59-57(66)63-55-60-49(40-53(64)62-55)37-48(12)28-20-24-44(7)8/h38-48H,13-37H2,1-12H3,(H2,58,61,65)(H3,59,60,62,63,64,66)/t45-,46-,47-,48-/m0/s1. The zero-order chi connectivity index (χ0) is 51.0. The number of aromatic amines is 1. The molecule has 1 heterocycles. The lowest BCUT2D eigenvalue weighted by Gasteiger charge is -2.21. The van der Waals surface area contributed by atoms with Gasteiger partial charge in [0.25, 0.3) is 5.56 Å². The first kappa shape index (κ1) is 61.2. The molecule has 0 radical (unpaired) electrons. The van der Waals surface area contributed by atoms with Gasteiger partial charge in [-0.2, -0.15) is 0 Å². The van der Waals surface area contributed by atoms with Crippen LogP contribution in [0, 0.1) is 47.3 Å². The predicted molar refractivity (Wildman–Crippen MR) is 289 cm³/mol. The summed E-state index contributed by atoms with van der Waals surface area (Å²) in [5.74, 6) is 6.83. The Bertz CT molecular complexity index is 1680. The first-order chi connectivity index (χ1) is 32.9. The van der Waals surface area contributed by atoms with Gasteiger partial charge in [-0.3, -0.25) is 15.1 Å². The van der Waals surface area contributed by atoms with Crippen LogP contribution in [0.1, 0.15) is 211 Å². The highest BCUT2D eigenvalue weighted by molar-refractivity contribution is 5.90. The SMILES string of the molecule is CC(C)CCC[C@H](C)CCOc1cc(NC(=O)NCCCCCCNC(=O)Nc2nc(C[C@@H](C)CCCC(C)C)cc(=O)[nH]2)cc(OCC[C@@H](C)CCCC(C)C)c1OCC[C@@H](C)CCCC(C)C. The monoisotopic (exact) mass is 967 g/mol. The number of nitrogens with zero attached hydrogens (tertiary/aromatic N) is 1. The second kappa shape index (κ2) is 36.0. The number of amides is 4. The van der Waals surface area contributed by atoms with Gasteiger partial charge < -0.3 is 30.2 Å². The van der Waals surface area contributed by atoms with Crippen LogP contribution in [0.2, 0.25) is 0 Å². The molecule has 0 aliphatic heterocycles. The first-order valence-corrected chi connectivity index (χ1v) is 27.7. The highest BCUT2D eigenvalue weighted by Crippen LogP contribution is 2.42. The minimum Gasteiger partial charge on any atom is -0.489 e. The predicted octanol–water partition coefficient (Wildman–Crippen LogP) is 15.0. The Morgan fingerprint density at radius 2 is 0.899 bits per heavy atom. The zero-order valence-electron chi connectivity index (χ0n) is 45.9. The normalized spacial score (nSPS) is 13.4. The molecular weight excluding hydrogens is 865 g/mol. The smallest absolute Gasteiger partial charge is 0.321 e. The number of carbonyl (C=O) groups is 2.